The number of thiazole rings is 1. The first-order valence-electron chi connectivity index (χ1n) is 5.95. The van der Waals surface area contributed by atoms with E-state index in [0.717, 1.165) is 10.7 Å². The van der Waals surface area contributed by atoms with Gasteiger partial charge in [-0.05, 0) is 32.9 Å². The lowest BCUT2D eigenvalue weighted by atomic mass is 10.1. The van der Waals surface area contributed by atoms with Crippen LogP contribution in [0.5, 0.6) is 5.75 Å². The first-order valence-corrected chi connectivity index (χ1v) is 6.83. The zero-order valence-electron chi connectivity index (χ0n) is 11.1. The Labute approximate surface area is 116 Å². The molecule has 0 saturated heterocycles. The quantitative estimate of drug-likeness (QED) is 0.933. The molecule has 1 aromatic heterocycles. The van der Waals surface area contributed by atoms with Gasteiger partial charge in [0.05, 0.1) is 5.54 Å². The highest BCUT2D eigenvalue weighted by Gasteiger charge is 2.26. The Bertz CT molecular complexity index is 564. The third-order valence-corrected chi connectivity index (χ3v) is 3.81. The fraction of sp³-hybridized carbons (Fsp3) is 0.286. The highest BCUT2D eigenvalue weighted by molar-refractivity contribution is 7.09. The lowest BCUT2D eigenvalue weighted by Crippen LogP contribution is -2.42. The maximum Gasteiger partial charge on any atom is 0.413 e. The van der Waals surface area contributed by atoms with E-state index in [0.29, 0.717) is 5.75 Å². The molecule has 2 aromatic rings. The molecule has 2 rings (SSSR count). The van der Waals surface area contributed by atoms with Crippen LogP contribution in [0, 0.1) is 6.92 Å². The molecule has 5 heteroatoms. The van der Waals surface area contributed by atoms with E-state index in [1.165, 1.54) is 11.3 Å². The van der Waals surface area contributed by atoms with E-state index >= 15 is 0 Å². The van der Waals surface area contributed by atoms with Crippen LogP contribution in [0.1, 0.15) is 24.5 Å². The summed E-state index contributed by atoms with van der Waals surface area (Å²) in [6.07, 6.45) is -0.482. The van der Waals surface area contributed by atoms with Crippen molar-refractivity contribution in [2.45, 2.75) is 26.3 Å². The molecule has 100 valence electrons. The van der Waals surface area contributed by atoms with Crippen molar-refractivity contribution in [1.29, 1.82) is 0 Å². The van der Waals surface area contributed by atoms with Crippen LogP contribution in [0.3, 0.4) is 0 Å². The molecule has 0 aliphatic carbocycles. The summed E-state index contributed by atoms with van der Waals surface area (Å²) in [5.41, 5.74) is 0.399. The molecule has 0 saturated carbocycles. The number of nitrogens with zero attached hydrogens (tertiary/aromatic N) is 1. The average molecular weight is 276 g/mol. The monoisotopic (exact) mass is 276 g/mol. The van der Waals surface area contributed by atoms with Gasteiger partial charge in [0.15, 0.2) is 0 Å². The molecule has 1 amide bonds. The molecular weight excluding hydrogens is 260 g/mol. The van der Waals surface area contributed by atoms with Crippen LogP contribution in [0.4, 0.5) is 4.79 Å². The highest BCUT2D eigenvalue weighted by Crippen LogP contribution is 2.24. The fourth-order valence-electron chi connectivity index (χ4n) is 1.57. The van der Waals surface area contributed by atoms with Gasteiger partial charge in [-0.2, -0.15) is 0 Å². The summed E-state index contributed by atoms with van der Waals surface area (Å²) in [7, 11) is 0. The lowest BCUT2D eigenvalue weighted by Gasteiger charge is -2.23. The maximum atomic E-state index is 11.9. The summed E-state index contributed by atoms with van der Waals surface area (Å²) < 4.78 is 5.21. The van der Waals surface area contributed by atoms with E-state index in [9.17, 15) is 4.79 Å². The molecule has 0 unspecified atom stereocenters. The van der Waals surface area contributed by atoms with Crippen LogP contribution in [0.2, 0.25) is 0 Å². The Morgan fingerprint density at radius 2 is 2.00 bits per heavy atom. The number of ether oxygens (including phenoxy) is 1. The minimum Gasteiger partial charge on any atom is -0.410 e. The summed E-state index contributed by atoms with van der Waals surface area (Å²) in [6.45, 7) is 5.73. The second-order valence-corrected chi connectivity index (χ2v) is 5.60. The highest BCUT2D eigenvalue weighted by atomic mass is 32.1. The molecule has 0 fully saturated rings. The summed E-state index contributed by atoms with van der Waals surface area (Å²) in [5.74, 6) is 0.520. The Balaban J connectivity index is 2.02. The van der Waals surface area contributed by atoms with Gasteiger partial charge in [-0.1, -0.05) is 18.2 Å². The van der Waals surface area contributed by atoms with Crippen molar-refractivity contribution < 1.29 is 9.53 Å². The normalized spacial score (nSPS) is 11.1. The van der Waals surface area contributed by atoms with Crippen LogP contribution >= 0.6 is 11.3 Å². The van der Waals surface area contributed by atoms with Gasteiger partial charge in [-0.15, -0.1) is 11.3 Å². The van der Waals surface area contributed by atoms with Gasteiger partial charge in [0.25, 0.3) is 0 Å². The lowest BCUT2D eigenvalue weighted by molar-refractivity contribution is 0.188. The van der Waals surface area contributed by atoms with Crippen LogP contribution in [-0.2, 0) is 5.54 Å². The third kappa shape index (κ3) is 3.54. The van der Waals surface area contributed by atoms with Gasteiger partial charge >= 0.3 is 6.09 Å². The number of benzene rings is 1. The van der Waals surface area contributed by atoms with E-state index in [1.54, 1.807) is 12.1 Å². The summed E-state index contributed by atoms with van der Waals surface area (Å²) >= 11 is 1.52. The largest absolute Gasteiger partial charge is 0.413 e. The SMILES string of the molecule is Cc1csc(C(C)(C)NC(=O)Oc2ccccc2)n1. The first-order chi connectivity index (χ1) is 8.97. The van der Waals surface area contributed by atoms with Crippen LogP contribution in [-0.4, -0.2) is 11.1 Å². The van der Waals surface area contributed by atoms with Crippen LogP contribution in [0.25, 0.3) is 0 Å². The molecule has 0 spiro atoms. The average Bonchev–Trinajstić information content (AvgIpc) is 2.77. The number of carbonyl (C=O) groups excluding carboxylic acids is 1. The van der Waals surface area contributed by atoms with Gasteiger partial charge in [-0.3, -0.25) is 0 Å². The number of rotatable bonds is 3. The van der Waals surface area contributed by atoms with Crippen molar-refractivity contribution in [1.82, 2.24) is 10.3 Å². The molecule has 4 nitrogen and oxygen atoms in total. The minimum atomic E-state index is -0.551. The number of hydrogen-bond donors (Lipinski definition) is 1. The molecule has 0 aliphatic rings. The van der Waals surface area contributed by atoms with E-state index in [2.05, 4.69) is 10.3 Å². The zero-order chi connectivity index (χ0) is 13.9. The van der Waals surface area contributed by atoms with E-state index in [4.69, 9.17) is 4.74 Å². The number of carbonyl (C=O) groups is 1. The van der Waals surface area contributed by atoms with Crippen molar-refractivity contribution in [3.8, 4) is 5.75 Å². The predicted octanol–water partition coefficient (Wildman–Crippen LogP) is 3.48. The molecule has 0 bridgehead atoms. The fourth-order valence-corrected chi connectivity index (χ4v) is 2.45. The van der Waals surface area contributed by atoms with Crippen molar-refractivity contribution in [2.24, 2.45) is 0 Å². The summed E-state index contributed by atoms with van der Waals surface area (Å²) in [6, 6.07) is 8.98. The second-order valence-electron chi connectivity index (χ2n) is 4.75. The number of aryl methyl sites for hydroxylation is 1. The minimum absolute atomic E-state index is 0.482. The maximum absolute atomic E-state index is 11.9. The van der Waals surface area contributed by atoms with Crippen molar-refractivity contribution in [3.63, 3.8) is 0 Å². The van der Waals surface area contributed by atoms with Gasteiger partial charge in [0.2, 0.25) is 0 Å². The number of aromatic nitrogens is 1. The van der Waals surface area contributed by atoms with E-state index in [1.807, 2.05) is 44.4 Å². The topological polar surface area (TPSA) is 51.2 Å². The standard InChI is InChI=1S/C14H16N2O2S/c1-10-9-19-12(15-10)14(2,3)16-13(17)18-11-7-5-4-6-8-11/h4-9H,1-3H3,(H,16,17). The molecule has 0 aliphatic heterocycles. The molecule has 1 N–H and O–H groups in total. The predicted molar refractivity (Wildman–Crippen MR) is 75.5 cm³/mol. The molecular formula is C14H16N2O2S. The number of nitrogens with one attached hydrogen (secondary N) is 1. The van der Waals surface area contributed by atoms with Crippen molar-refractivity contribution in [2.75, 3.05) is 0 Å². The molecule has 0 atom stereocenters. The van der Waals surface area contributed by atoms with Gasteiger partial charge in [0.1, 0.15) is 10.8 Å². The third-order valence-electron chi connectivity index (χ3n) is 2.52. The first kappa shape index (κ1) is 13.5. The Hall–Kier alpha value is -1.88. The Morgan fingerprint density at radius 3 is 2.58 bits per heavy atom. The molecule has 19 heavy (non-hydrogen) atoms. The molecule has 1 heterocycles. The van der Waals surface area contributed by atoms with Crippen molar-refractivity contribution >= 4 is 17.4 Å². The van der Waals surface area contributed by atoms with E-state index in [-0.39, 0.29) is 0 Å². The Kier molecular flexibility index (Phi) is 3.85. The van der Waals surface area contributed by atoms with Gasteiger partial charge in [-0.25, -0.2) is 9.78 Å². The molecule has 1 aromatic carbocycles. The van der Waals surface area contributed by atoms with Crippen LogP contribution in [0.15, 0.2) is 35.7 Å². The number of para-hydroxylation sites is 1. The summed E-state index contributed by atoms with van der Waals surface area (Å²) in [5, 5.41) is 5.64. The number of amides is 1. The van der Waals surface area contributed by atoms with Crippen molar-refractivity contribution in [3.05, 3.63) is 46.4 Å². The zero-order valence-corrected chi connectivity index (χ0v) is 12.0. The molecule has 0 radical (unpaired) electrons. The van der Waals surface area contributed by atoms with E-state index < -0.39 is 11.6 Å². The van der Waals surface area contributed by atoms with Gasteiger partial charge in [0, 0.05) is 11.1 Å². The van der Waals surface area contributed by atoms with Crippen LogP contribution < -0.4 is 10.1 Å². The number of hydrogen-bond acceptors (Lipinski definition) is 4. The summed E-state index contributed by atoms with van der Waals surface area (Å²) in [4.78, 5) is 16.2. The smallest absolute Gasteiger partial charge is 0.410 e. The second kappa shape index (κ2) is 5.40. The Morgan fingerprint density at radius 1 is 1.32 bits per heavy atom. The van der Waals surface area contributed by atoms with Gasteiger partial charge < -0.3 is 10.1 Å².